The van der Waals surface area contributed by atoms with Crippen molar-refractivity contribution in [3.05, 3.63) is 0 Å². The lowest BCUT2D eigenvalue weighted by atomic mass is 9.82. The first-order chi connectivity index (χ1) is 7.23. The van der Waals surface area contributed by atoms with Gasteiger partial charge >= 0.3 is 0 Å². The Kier molecular flexibility index (Phi) is 3.68. The van der Waals surface area contributed by atoms with Gasteiger partial charge in [0.1, 0.15) is 0 Å². The highest BCUT2D eigenvalue weighted by molar-refractivity contribution is 4.88. The van der Waals surface area contributed by atoms with Crippen molar-refractivity contribution in [2.24, 2.45) is 5.41 Å². The van der Waals surface area contributed by atoms with E-state index in [-0.39, 0.29) is 0 Å². The zero-order valence-corrected chi connectivity index (χ0v) is 10.4. The summed E-state index contributed by atoms with van der Waals surface area (Å²) in [6.07, 6.45) is 6.96. The lowest BCUT2D eigenvalue weighted by Gasteiger charge is -2.39. The first-order valence-electron chi connectivity index (χ1n) is 6.68. The van der Waals surface area contributed by atoms with Gasteiger partial charge in [-0.15, -0.1) is 0 Å². The molecule has 2 unspecified atom stereocenters. The predicted octanol–water partition coefficient (Wildman–Crippen LogP) is 2.25. The van der Waals surface area contributed by atoms with Crippen LogP contribution in [0, 0.1) is 5.41 Å². The third-order valence-electron chi connectivity index (χ3n) is 4.24. The third kappa shape index (κ3) is 2.73. The molecule has 1 N–H and O–H groups in total. The van der Waals surface area contributed by atoms with Crippen LogP contribution in [-0.2, 0) is 0 Å². The molecule has 2 heterocycles. The summed E-state index contributed by atoms with van der Waals surface area (Å²) in [4.78, 5) is 2.74. The summed E-state index contributed by atoms with van der Waals surface area (Å²) in [5, 5.41) is 3.56. The van der Waals surface area contributed by atoms with Gasteiger partial charge in [-0.2, -0.15) is 0 Å². The van der Waals surface area contributed by atoms with E-state index >= 15 is 0 Å². The van der Waals surface area contributed by atoms with Crippen molar-refractivity contribution in [2.45, 2.75) is 52.0 Å². The Bertz CT molecular complexity index is 197. The molecular formula is C13H26N2. The van der Waals surface area contributed by atoms with Gasteiger partial charge in [0.25, 0.3) is 0 Å². The molecule has 0 aromatic heterocycles. The average molecular weight is 210 g/mol. The Morgan fingerprint density at radius 1 is 1.40 bits per heavy atom. The molecule has 0 bridgehead atoms. The minimum absolute atomic E-state index is 0.538. The lowest BCUT2D eigenvalue weighted by Crippen LogP contribution is -2.47. The summed E-state index contributed by atoms with van der Waals surface area (Å²) in [5.74, 6) is 0. The molecule has 2 heteroatoms. The largest absolute Gasteiger partial charge is 0.316 e. The van der Waals surface area contributed by atoms with E-state index in [2.05, 4.69) is 24.1 Å². The molecule has 0 radical (unpaired) electrons. The fraction of sp³-hybridized carbons (Fsp3) is 1.00. The van der Waals surface area contributed by atoms with Gasteiger partial charge in [-0.05, 0) is 50.6 Å². The quantitative estimate of drug-likeness (QED) is 0.768. The molecule has 2 saturated heterocycles. The zero-order valence-electron chi connectivity index (χ0n) is 10.4. The number of hydrogen-bond donors (Lipinski definition) is 1. The average Bonchev–Trinajstić information content (AvgIpc) is 2.65. The number of hydrogen-bond acceptors (Lipinski definition) is 2. The molecule has 2 aliphatic heterocycles. The highest BCUT2D eigenvalue weighted by Gasteiger charge is 2.32. The standard InChI is InChI=1S/C13H26N2/c1-3-12-6-4-9-15(12)11-13(2)7-5-8-14-10-13/h12,14H,3-11H2,1-2H3. The SMILES string of the molecule is CCC1CCCN1CC1(C)CCCNC1. The molecule has 15 heavy (non-hydrogen) atoms. The Balaban J connectivity index is 1.88. The minimum Gasteiger partial charge on any atom is -0.316 e. The van der Waals surface area contributed by atoms with E-state index in [1.807, 2.05) is 0 Å². The number of nitrogens with one attached hydrogen (secondary N) is 1. The Labute approximate surface area is 94.4 Å². The first kappa shape index (κ1) is 11.4. The maximum absolute atomic E-state index is 3.56. The Morgan fingerprint density at radius 3 is 2.93 bits per heavy atom. The number of piperidine rings is 1. The summed E-state index contributed by atoms with van der Waals surface area (Å²) in [7, 11) is 0. The van der Waals surface area contributed by atoms with Crippen LogP contribution in [0.15, 0.2) is 0 Å². The number of likely N-dealkylation sites (tertiary alicyclic amines) is 1. The molecule has 2 rings (SSSR count). The van der Waals surface area contributed by atoms with Crippen molar-refractivity contribution < 1.29 is 0 Å². The van der Waals surface area contributed by atoms with Crippen molar-refractivity contribution in [1.82, 2.24) is 10.2 Å². The molecule has 2 fully saturated rings. The minimum atomic E-state index is 0.538. The van der Waals surface area contributed by atoms with Crippen LogP contribution in [0.3, 0.4) is 0 Å². The molecular weight excluding hydrogens is 184 g/mol. The van der Waals surface area contributed by atoms with Gasteiger partial charge in [0.15, 0.2) is 0 Å². The third-order valence-corrected chi connectivity index (χ3v) is 4.24. The van der Waals surface area contributed by atoms with Crippen LogP contribution >= 0.6 is 0 Å². The van der Waals surface area contributed by atoms with E-state index in [0.29, 0.717) is 5.41 Å². The summed E-state index contributed by atoms with van der Waals surface area (Å²) in [5.41, 5.74) is 0.538. The number of rotatable bonds is 3. The van der Waals surface area contributed by atoms with E-state index in [1.165, 1.54) is 58.3 Å². The van der Waals surface area contributed by atoms with Gasteiger partial charge in [0.2, 0.25) is 0 Å². The van der Waals surface area contributed by atoms with Crippen LogP contribution in [0.1, 0.15) is 46.0 Å². The molecule has 88 valence electrons. The van der Waals surface area contributed by atoms with Crippen molar-refractivity contribution in [1.29, 1.82) is 0 Å². The summed E-state index contributed by atoms with van der Waals surface area (Å²) < 4.78 is 0. The highest BCUT2D eigenvalue weighted by atomic mass is 15.2. The summed E-state index contributed by atoms with van der Waals surface area (Å²) in [6, 6.07) is 0.878. The molecule has 2 aliphatic rings. The van der Waals surface area contributed by atoms with E-state index < -0.39 is 0 Å². The molecule has 0 aliphatic carbocycles. The topological polar surface area (TPSA) is 15.3 Å². The molecule has 2 nitrogen and oxygen atoms in total. The molecule has 2 atom stereocenters. The maximum Gasteiger partial charge on any atom is 0.00933 e. The van der Waals surface area contributed by atoms with E-state index in [9.17, 15) is 0 Å². The molecule has 0 aromatic rings. The van der Waals surface area contributed by atoms with Crippen molar-refractivity contribution in [3.8, 4) is 0 Å². The fourth-order valence-electron chi connectivity index (χ4n) is 3.31. The van der Waals surface area contributed by atoms with Crippen LogP contribution < -0.4 is 5.32 Å². The Morgan fingerprint density at radius 2 is 2.27 bits per heavy atom. The smallest absolute Gasteiger partial charge is 0.00933 e. The van der Waals surface area contributed by atoms with E-state index in [1.54, 1.807) is 0 Å². The number of nitrogens with zero attached hydrogens (tertiary/aromatic N) is 1. The van der Waals surface area contributed by atoms with Gasteiger partial charge in [0, 0.05) is 19.1 Å². The van der Waals surface area contributed by atoms with Gasteiger partial charge in [-0.3, -0.25) is 4.90 Å². The van der Waals surface area contributed by atoms with Crippen molar-refractivity contribution in [2.75, 3.05) is 26.2 Å². The van der Waals surface area contributed by atoms with Crippen LogP contribution in [-0.4, -0.2) is 37.1 Å². The normalized spacial score (nSPS) is 38.4. The van der Waals surface area contributed by atoms with E-state index in [4.69, 9.17) is 0 Å². The fourth-order valence-corrected chi connectivity index (χ4v) is 3.31. The zero-order chi connectivity index (χ0) is 10.7. The highest BCUT2D eigenvalue weighted by Crippen LogP contribution is 2.30. The second-order valence-electron chi connectivity index (χ2n) is 5.77. The molecule has 0 saturated carbocycles. The molecule has 0 amide bonds. The van der Waals surface area contributed by atoms with Gasteiger partial charge in [0.05, 0.1) is 0 Å². The lowest BCUT2D eigenvalue weighted by molar-refractivity contribution is 0.122. The van der Waals surface area contributed by atoms with Gasteiger partial charge in [-0.1, -0.05) is 13.8 Å². The molecule has 0 aromatic carbocycles. The van der Waals surface area contributed by atoms with Gasteiger partial charge < -0.3 is 5.32 Å². The van der Waals surface area contributed by atoms with Crippen LogP contribution in [0.4, 0.5) is 0 Å². The summed E-state index contributed by atoms with van der Waals surface area (Å²) >= 11 is 0. The van der Waals surface area contributed by atoms with Crippen molar-refractivity contribution >= 4 is 0 Å². The monoisotopic (exact) mass is 210 g/mol. The van der Waals surface area contributed by atoms with Crippen LogP contribution in [0.25, 0.3) is 0 Å². The Hall–Kier alpha value is -0.0800. The predicted molar refractivity (Wildman–Crippen MR) is 65.1 cm³/mol. The second-order valence-corrected chi connectivity index (χ2v) is 5.77. The second kappa shape index (κ2) is 4.84. The molecule has 0 spiro atoms. The van der Waals surface area contributed by atoms with Crippen LogP contribution in [0.5, 0.6) is 0 Å². The van der Waals surface area contributed by atoms with Crippen LogP contribution in [0.2, 0.25) is 0 Å². The first-order valence-corrected chi connectivity index (χ1v) is 6.68. The maximum atomic E-state index is 3.56. The van der Waals surface area contributed by atoms with Gasteiger partial charge in [-0.25, -0.2) is 0 Å². The summed E-state index contributed by atoms with van der Waals surface area (Å²) in [6.45, 7) is 9.91. The van der Waals surface area contributed by atoms with Crippen molar-refractivity contribution in [3.63, 3.8) is 0 Å². The van der Waals surface area contributed by atoms with E-state index in [0.717, 1.165) is 6.04 Å².